The molecule has 3 rings (SSSR count). The Morgan fingerprint density at radius 2 is 1.61 bits per heavy atom. The smallest absolute Gasteiger partial charge is 0.243 e. The summed E-state index contributed by atoms with van der Waals surface area (Å²) >= 11 is 0. The number of nitrogens with one attached hydrogen (secondary N) is 1. The van der Waals surface area contributed by atoms with Crippen LogP contribution >= 0.6 is 0 Å². The first-order valence-electron chi connectivity index (χ1n) is 11.0. The molecule has 0 radical (unpaired) electrons. The molecule has 1 fully saturated rings. The monoisotopic (exact) mass is 472 g/mol. The molecule has 0 aromatic heterocycles. The number of hydrogen-bond acceptors (Lipinski definition) is 6. The molecular formula is C24H32N4O4S. The number of sulfonamides is 1. The van der Waals surface area contributed by atoms with Gasteiger partial charge in [0, 0.05) is 45.3 Å². The van der Waals surface area contributed by atoms with E-state index in [0.29, 0.717) is 12.1 Å². The first-order chi connectivity index (χ1) is 15.7. The van der Waals surface area contributed by atoms with E-state index in [1.54, 1.807) is 0 Å². The number of amides is 1. The van der Waals surface area contributed by atoms with Gasteiger partial charge >= 0.3 is 0 Å². The molecule has 33 heavy (non-hydrogen) atoms. The molecule has 1 aliphatic rings. The van der Waals surface area contributed by atoms with Crippen LogP contribution in [0.5, 0.6) is 0 Å². The zero-order valence-electron chi connectivity index (χ0n) is 19.4. The molecule has 0 saturated carbocycles. The van der Waals surface area contributed by atoms with E-state index in [-0.39, 0.29) is 29.2 Å². The first kappa shape index (κ1) is 25.0. The standard InChI is InChI=1S/C24H32N4O4S/c1-19(29)20-9-11-22(12-10-20)33(31,32)27(3)18-24(30)25-23(21-7-5-4-6-8-21)17-28-15-13-26(2)14-16-28/h4-12,23H,13-18H2,1-3H3,(H,25,30). The number of nitrogens with zero attached hydrogens (tertiary/aromatic N) is 3. The Balaban J connectivity index is 1.67. The molecule has 1 amide bonds. The average molecular weight is 473 g/mol. The molecule has 2 aromatic carbocycles. The van der Waals surface area contributed by atoms with Gasteiger partial charge in [0.25, 0.3) is 0 Å². The van der Waals surface area contributed by atoms with Crippen molar-refractivity contribution in [3.05, 3.63) is 65.7 Å². The Hall–Kier alpha value is -2.59. The number of rotatable bonds is 9. The molecular weight excluding hydrogens is 440 g/mol. The lowest BCUT2D eigenvalue weighted by atomic mass is 10.1. The van der Waals surface area contributed by atoms with E-state index in [4.69, 9.17) is 0 Å². The maximum atomic E-state index is 12.9. The van der Waals surface area contributed by atoms with Crippen molar-refractivity contribution in [2.24, 2.45) is 0 Å². The van der Waals surface area contributed by atoms with Crippen LogP contribution in [0.3, 0.4) is 0 Å². The predicted molar refractivity (Wildman–Crippen MR) is 128 cm³/mol. The third-order valence-corrected chi connectivity index (χ3v) is 7.73. The van der Waals surface area contributed by atoms with Crippen LogP contribution in [0.15, 0.2) is 59.5 Å². The molecule has 0 bridgehead atoms. The van der Waals surface area contributed by atoms with Crippen LogP contribution in [-0.2, 0) is 14.8 Å². The van der Waals surface area contributed by atoms with E-state index < -0.39 is 10.0 Å². The number of piperazine rings is 1. The number of Topliss-reactive ketones (excluding diaryl/α,β-unsaturated/α-hetero) is 1. The molecule has 1 N–H and O–H groups in total. The quantitative estimate of drug-likeness (QED) is 0.558. The molecule has 1 atom stereocenters. The Kier molecular flexibility index (Phi) is 8.36. The van der Waals surface area contributed by atoms with Gasteiger partial charge in [-0.15, -0.1) is 0 Å². The Morgan fingerprint density at radius 3 is 2.18 bits per heavy atom. The molecule has 9 heteroatoms. The fourth-order valence-corrected chi connectivity index (χ4v) is 4.90. The first-order valence-corrected chi connectivity index (χ1v) is 12.4. The molecule has 2 aromatic rings. The Labute approximate surface area is 196 Å². The van der Waals surface area contributed by atoms with Gasteiger partial charge in [-0.05, 0) is 31.7 Å². The summed E-state index contributed by atoms with van der Waals surface area (Å²) in [7, 11) is -0.389. The molecule has 0 spiro atoms. The number of likely N-dealkylation sites (N-methyl/N-ethyl adjacent to an activating group) is 2. The van der Waals surface area contributed by atoms with E-state index in [1.807, 2.05) is 30.3 Å². The maximum Gasteiger partial charge on any atom is 0.243 e. The fourth-order valence-electron chi connectivity index (χ4n) is 3.78. The van der Waals surface area contributed by atoms with Crippen LogP contribution in [0.2, 0.25) is 0 Å². The molecule has 1 unspecified atom stereocenters. The largest absolute Gasteiger partial charge is 0.347 e. The van der Waals surface area contributed by atoms with Crippen molar-refractivity contribution in [3.63, 3.8) is 0 Å². The van der Waals surface area contributed by atoms with Gasteiger partial charge in [-0.3, -0.25) is 14.5 Å². The van der Waals surface area contributed by atoms with Crippen molar-refractivity contribution in [1.29, 1.82) is 0 Å². The predicted octanol–water partition coefficient (Wildman–Crippen LogP) is 1.61. The van der Waals surface area contributed by atoms with Crippen molar-refractivity contribution >= 4 is 21.7 Å². The van der Waals surface area contributed by atoms with E-state index in [2.05, 4.69) is 22.2 Å². The average Bonchev–Trinajstić information content (AvgIpc) is 2.80. The SMILES string of the molecule is CC(=O)c1ccc(S(=O)(=O)N(C)CC(=O)NC(CN2CCN(C)CC2)c2ccccc2)cc1. The van der Waals surface area contributed by atoms with Crippen molar-refractivity contribution in [2.75, 3.05) is 53.4 Å². The van der Waals surface area contributed by atoms with Gasteiger partial charge in [-0.1, -0.05) is 42.5 Å². The normalized spacial score (nSPS) is 16.5. The minimum absolute atomic E-state index is 0.0415. The third kappa shape index (κ3) is 6.70. The summed E-state index contributed by atoms with van der Waals surface area (Å²) in [6.07, 6.45) is 0. The fraction of sp³-hybridized carbons (Fsp3) is 0.417. The zero-order valence-corrected chi connectivity index (χ0v) is 20.2. The van der Waals surface area contributed by atoms with Crippen molar-refractivity contribution < 1.29 is 18.0 Å². The molecule has 1 heterocycles. The van der Waals surface area contributed by atoms with Gasteiger partial charge in [0.15, 0.2) is 5.78 Å². The lowest BCUT2D eigenvalue weighted by Crippen LogP contribution is -2.48. The molecule has 8 nitrogen and oxygen atoms in total. The summed E-state index contributed by atoms with van der Waals surface area (Å²) in [6, 6.07) is 15.2. The topological polar surface area (TPSA) is 90.0 Å². The lowest BCUT2D eigenvalue weighted by molar-refractivity contribution is -0.122. The Bertz CT molecular complexity index is 1050. The number of carbonyl (C=O) groups is 2. The van der Waals surface area contributed by atoms with Crippen LogP contribution in [0.4, 0.5) is 0 Å². The second-order valence-electron chi connectivity index (χ2n) is 8.48. The highest BCUT2D eigenvalue weighted by Gasteiger charge is 2.26. The second-order valence-corrected chi connectivity index (χ2v) is 10.5. The van der Waals surface area contributed by atoms with Gasteiger partial charge in [0.1, 0.15) is 0 Å². The van der Waals surface area contributed by atoms with Crippen LogP contribution in [0.25, 0.3) is 0 Å². The van der Waals surface area contributed by atoms with Crippen LogP contribution in [0.1, 0.15) is 28.9 Å². The third-order valence-electron chi connectivity index (χ3n) is 5.91. The molecule has 0 aliphatic carbocycles. The molecule has 1 saturated heterocycles. The van der Waals surface area contributed by atoms with E-state index in [9.17, 15) is 18.0 Å². The summed E-state index contributed by atoms with van der Waals surface area (Å²) < 4.78 is 26.8. The number of ketones is 1. The second kappa shape index (κ2) is 11.0. The van der Waals surface area contributed by atoms with Crippen LogP contribution < -0.4 is 5.32 Å². The van der Waals surface area contributed by atoms with Gasteiger partial charge in [-0.2, -0.15) is 4.31 Å². The maximum absolute atomic E-state index is 12.9. The van der Waals surface area contributed by atoms with Crippen molar-refractivity contribution in [3.8, 4) is 0 Å². The molecule has 178 valence electrons. The summed E-state index contributed by atoms with van der Waals surface area (Å²) in [5.74, 6) is -0.511. The summed E-state index contributed by atoms with van der Waals surface area (Å²) in [4.78, 5) is 28.9. The van der Waals surface area contributed by atoms with Crippen LogP contribution in [-0.4, -0.2) is 87.6 Å². The summed E-state index contributed by atoms with van der Waals surface area (Å²) in [6.45, 7) is 5.55. The highest BCUT2D eigenvalue weighted by Crippen LogP contribution is 2.18. The highest BCUT2D eigenvalue weighted by molar-refractivity contribution is 7.89. The van der Waals surface area contributed by atoms with Crippen molar-refractivity contribution in [2.45, 2.75) is 17.9 Å². The summed E-state index contributed by atoms with van der Waals surface area (Å²) in [5.41, 5.74) is 1.42. The van der Waals surface area contributed by atoms with Crippen LogP contribution in [0, 0.1) is 0 Å². The van der Waals surface area contributed by atoms with Gasteiger partial charge in [0.05, 0.1) is 17.5 Å². The number of benzene rings is 2. The van der Waals surface area contributed by atoms with E-state index in [0.717, 1.165) is 36.0 Å². The van der Waals surface area contributed by atoms with Gasteiger partial charge < -0.3 is 10.2 Å². The lowest BCUT2D eigenvalue weighted by Gasteiger charge is -2.35. The van der Waals surface area contributed by atoms with E-state index >= 15 is 0 Å². The highest BCUT2D eigenvalue weighted by atomic mass is 32.2. The van der Waals surface area contributed by atoms with Gasteiger partial charge in [-0.25, -0.2) is 8.42 Å². The molecule has 1 aliphatic heterocycles. The minimum atomic E-state index is -3.87. The number of carbonyl (C=O) groups excluding carboxylic acids is 2. The minimum Gasteiger partial charge on any atom is -0.347 e. The number of hydrogen-bond donors (Lipinski definition) is 1. The Morgan fingerprint density at radius 1 is 1.00 bits per heavy atom. The van der Waals surface area contributed by atoms with E-state index in [1.165, 1.54) is 38.2 Å². The summed E-state index contributed by atoms with van der Waals surface area (Å²) in [5, 5.41) is 3.03. The zero-order chi connectivity index (χ0) is 24.0. The van der Waals surface area contributed by atoms with Gasteiger partial charge in [0.2, 0.25) is 15.9 Å². The van der Waals surface area contributed by atoms with Crippen molar-refractivity contribution in [1.82, 2.24) is 19.4 Å².